The molecular formula is C18H22F2N2O4. The van der Waals surface area contributed by atoms with Gasteiger partial charge in [0.1, 0.15) is 11.6 Å². The molecule has 2 unspecified atom stereocenters. The number of nitrogens with zero attached hydrogens (tertiary/aromatic N) is 1. The van der Waals surface area contributed by atoms with Crippen LogP contribution < -0.4 is 10.2 Å². The van der Waals surface area contributed by atoms with E-state index in [1.165, 1.54) is 0 Å². The molecule has 8 heteroatoms. The molecule has 142 valence electrons. The fourth-order valence-corrected chi connectivity index (χ4v) is 3.02. The number of nitrogens with one attached hydrogen (secondary N) is 1. The molecule has 2 amide bonds. The number of halogens is 2. The number of carbonyl (C=O) groups excluding carboxylic acids is 2. The Balaban J connectivity index is 1.99. The smallest absolute Gasteiger partial charge is 0.308 e. The molecule has 26 heavy (non-hydrogen) atoms. The Bertz CT molecular complexity index is 708. The SMILES string of the molecule is CC(C)CC(CNC(=O)C1CC(=O)N(c2ccc(F)cc2F)C1)C(=O)O. The molecule has 0 bridgehead atoms. The van der Waals surface area contributed by atoms with Crippen molar-refractivity contribution in [3.63, 3.8) is 0 Å². The van der Waals surface area contributed by atoms with E-state index in [2.05, 4.69) is 5.32 Å². The van der Waals surface area contributed by atoms with Gasteiger partial charge in [0.2, 0.25) is 11.8 Å². The lowest BCUT2D eigenvalue weighted by atomic mass is 9.97. The zero-order chi connectivity index (χ0) is 19.4. The summed E-state index contributed by atoms with van der Waals surface area (Å²) < 4.78 is 26.9. The largest absolute Gasteiger partial charge is 0.481 e. The molecule has 1 aromatic rings. The lowest BCUT2D eigenvalue weighted by molar-refractivity contribution is -0.142. The minimum absolute atomic E-state index is 0.0258. The maximum absolute atomic E-state index is 13.9. The quantitative estimate of drug-likeness (QED) is 0.772. The van der Waals surface area contributed by atoms with Gasteiger partial charge >= 0.3 is 5.97 Å². The monoisotopic (exact) mass is 368 g/mol. The number of hydrogen-bond donors (Lipinski definition) is 2. The van der Waals surface area contributed by atoms with Gasteiger partial charge in [-0.05, 0) is 24.5 Å². The molecule has 6 nitrogen and oxygen atoms in total. The molecule has 0 radical (unpaired) electrons. The van der Waals surface area contributed by atoms with Crippen molar-refractivity contribution >= 4 is 23.5 Å². The first-order valence-corrected chi connectivity index (χ1v) is 8.45. The minimum Gasteiger partial charge on any atom is -0.481 e. The molecule has 2 N–H and O–H groups in total. The molecule has 1 aliphatic rings. The standard InChI is InChI=1S/C18H22F2N2O4/c1-10(2)5-11(18(25)26)8-21-17(24)12-6-16(23)22(9-12)15-4-3-13(19)7-14(15)20/h3-4,7,10-12H,5-6,8-9H2,1-2H3,(H,21,24)(H,25,26). The molecular weight excluding hydrogens is 346 g/mol. The summed E-state index contributed by atoms with van der Waals surface area (Å²) in [6.45, 7) is 3.72. The Morgan fingerprint density at radius 2 is 2.04 bits per heavy atom. The number of carbonyl (C=O) groups is 3. The van der Waals surface area contributed by atoms with Gasteiger partial charge in [0.25, 0.3) is 0 Å². The Morgan fingerprint density at radius 1 is 1.35 bits per heavy atom. The van der Waals surface area contributed by atoms with Crippen molar-refractivity contribution < 1.29 is 28.3 Å². The number of amides is 2. The first-order chi connectivity index (χ1) is 12.2. The van der Waals surface area contributed by atoms with Gasteiger partial charge in [-0.25, -0.2) is 8.78 Å². The summed E-state index contributed by atoms with van der Waals surface area (Å²) in [6.07, 6.45) is 0.316. The molecule has 1 fully saturated rings. The van der Waals surface area contributed by atoms with Gasteiger partial charge in [-0.1, -0.05) is 13.8 Å². The summed E-state index contributed by atoms with van der Waals surface area (Å²) in [6, 6.07) is 2.88. The van der Waals surface area contributed by atoms with E-state index >= 15 is 0 Å². The van der Waals surface area contributed by atoms with Crippen LogP contribution in [0.2, 0.25) is 0 Å². The zero-order valence-electron chi connectivity index (χ0n) is 14.7. The summed E-state index contributed by atoms with van der Waals surface area (Å²) in [5.74, 6) is -4.75. The average Bonchev–Trinajstić information content (AvgIpc) is 2.92. The molecule has 0 aromatic heterocycles. The van der Waals surface area contributed by atoms with Crippen LogP contribution in [0.15, 0.2) is 18.2 Å². The molecule has 2 rings (SSSR count). The zero-order valence-corrected chi connectivity index (χ0v) is 14.7. The first kappa shape index (κ1) is 19.8. The van der Waals surface area contributed by atoms with Crippen molar-refractivity contribution in [2.45, 2.75) is 26.7 Å². The van der Waals surface area contributed by atoms with Crippen molar-refractivity contribution in [3.8, 4) is 0 Å². The van der Waals surface area contributed by atoms with Crippen LogP contribution in [0.5, 0.6) is 0 Å². The van der Waals surface area contributed by atoms with Crippen LogP contribution >= 0.6 is 0 Å². The van der Waals surface area contributed by atoms with Crippen molar-refractivity contribution in [2.75, 3.05) is 18.0 Å². The average molecular weight is 368 g/mol. The Hall–Kier alpha value is -2.51. The van der Waals surface area contributed by atoms with E-state index in [-0.39, 0.29) is 31.1 Å². The summed E-state index contributed by atoms with van der Waals surface area (Å²) in [4.78, 5) is 36.7. The van der Waals surface area contributed by atoms with Crippen molar-refractivity contribution in [3.05, 3.63) is 29.8 Å². The molecule has 0 spiro atoms. The lowest BCUT2D eigenvalue weighted by Gasteiger charge is -2.18. The summed E-state index contributed by atoms with van der Waals surface area (Å²) >= 11 is 0. The fourth-order valence-electron chi connectivity index (χ4n) is 3.02. The Kier molecular flexibility index (Phi) is 6.28. The van der Waals surface area contributed by atoms with E-state index in [4.69, 9.17) is 0 Å². The van der Waals surface area contributed by atoms with Crippen LogP contribution in [-0.4, -0.2) is 36.0 Å². The van der Waals surface area contributed by atoms with E-state index in [9.17, 15) is 28.3 Å². The molecule has 1 heterocycles. The predicted octanol–water partition coefficient (Wildman–Crippen LogP) is 2.18. The highest BCUT2D eigenvalue weighted by Gasteiger charge is 2.36. The van der Waals surface area contributed by atoms with E-state index < -0.39 is 41.3 Å². The first-order valence-electron chi connectivity index (χ1n) is 8.45. The van der Waals surface area contributed by atoms with Crippen LogP contribution in [0.3, 0.4) is 0 Å². The highest BCUT2D eigenvalue weighted by Crippen LogP contribution is 2.28. The van der Waals surface area contributed by atoms with Crippen molar-refractivity contribution in [2.24, 2.45) is 17.8 Å². The van der Waals surface area contributed by atoms with Crippen LogP contribution in [0, 0.1) is 29.4 Å². The maximum atomic E-state index is 13.9. The Morgan fingerprint density at radius 3 is 2.62 bits per heavy atom. The van der Waals surface area contributed by atoms with E-state index in [0.717, 1.165) is 17.0 Å². The van der Waals surface area contributed by atoms with Crippen LogP contribution in [0.1, 0.15) is 26.7 Å². The fraction of sp³-hybridized carbons (Fsp3) is 0.500. The molecule has 0 aliphatic carbocycles. The summed E-state index contributed by atoms with van der Waals surface area (Å²) in [5, 5.41) is 11.8. The minimum atomic E-state index is -0.989. The molecule has 2 atom stereocenters. The highest BCUT2D eigenvalue weighted by molar-refractivity contribution is 6.00. The molecule has 0 saturated carbocycles. The number of aliphatic carboxylic acids is 1. The van der Waals surface area contributed by atoms with E-state index in [1.54, 1.807) is 0 Å². The van der Waals surface area contributed by atoms with Gasteiger partial charge in [-0.15, -0.1) is 0 Å². The van der Waals surface area contributed by atoms with Gasteiger partial charge < -0.3 is 15.3 Å². The lowest BCUT2D eigenvalue weighted by Crippen LogP contribution is -2.38. The summed E-state index contributed by atoms with van der Waals surface area (Å²) in [5.41, 5.74) is -0.0741. The predicted molar refractivity (Wildman–Crippen MR) is 90.4 cm³/mol. The van der Waals surface area contributed by atoms with E-state index in [1.807, 2.05) is 13.8 Å². The third kappa shape index (κ3) is 4.77. The maximum Gasteiger partial charge on any atom is 0.308 e. The highest BCUT2D eigenvalue weighted by atomic mass is 19.1. The topological polar surface area (TPSA) is 86.7 Å². The van der Waals surface area contributed by atoms with Gasteiger partial charge in [-0.3, -0.25) is 14.4 Å². The van der Waals surface area contributed by atoms with Gasteiger partial charge in [0.05, 0.1) is 17.5 Å². The number of carboxylic acid groups (broad SMARTS) is 1. The number of rotatable bonds is 7. The van der Waals surface area contributed by atoms with Gasteiger partial charge in [0, 0.05) is 25.6 Å². The Labute approximate surface area is 150 Å². The third-order valence-corrected chi connectivity index (χ3v) is 4.32. The van der Waals surface area contributed by atoms with Crippen molar-refractivity contribution in [1.29, 1.82) is 0 Å². The summed E-state index contributed by atoms with van der Waals surface area (Å²) in [7, 11) is 0. The van der Waals surface area contributed by atoms with Crippen LogP contribution in [-0.2, 0) is 14.4 Å². The number of benzene rings is 1. The molecule has 1 aliphatic heterocycles. The second-order valence-corrected chi connectivity index (χ2v) is 6.91. The number of anilines is 1. The second-order valence-electron chi connectivity index (χ2n) is 6.91. The molecule has 1 aromatic carbocycles. The van der Waals surface area contributed by atoms with Crippen LogP contribution in [0.4, 0.5) is 14.5 Å². The van der Waals surface area contributed by atoms with Crippen LogP contribution in [0.25, 0.3) is 0 Å². The third-order valence-electron chi connectivity index (χ3n) is 4.32. The second kappa shape index (κ2) is 8.25. The van der Waals surface area contributed by atoms with Gasteiger partial charge in [0.15, 0.2) is 0 Å². The normalized spacial score (nSPS) is 18.3. The van der Waals surface area contributed by atoms with E-state index in [0.29, 0.717) is 12.5 Å². The molecule has 1 saturated heterocycles. The number of hydrogen-bond acceptors (Lipinski definition) is 3. The van der Waals surface area contributed by atoms with Crippen molar-refractivity contribution in [1.82, 2.24) is 5.32 Å². The number of carboxylic acids is 1. The van der Waals surface area contributed by atoms with Gasteiger partial charge in [-0.2, -0.15) is 0 Å².